The first-order valence-corrected chi connectivity index (χ1v) is 6.39. The number of hydrogen-bond donors (Lipinski definition) is 1. The molecule has 1 atom stereocenters. The van der Waals surface area contributed by atoms with Gasteiger partial charge in [-0.05, 0) is 44.6 Å². The number of likely N-dealkylation sites (tertiary alicyclic amines) is 1. The third-order valence-corrected chi connectivity index (χ3v) is 3.35. The molecule has 94 valence electrons. The molecule has 3 heteroatoms. The summed E-state index contributed by atoms with van der Waals surface area (Å²) in [6.07, 6.45) is 2.14. The van der Waals surface area contributed by atoms with E-state index in [0.717, 1.165) is 25.3 Å². The van der Waals surface area contributed by atoms with Crippen LogP contribution in [0.1, 0.15) is 12.0 Å². The molecule has 0 radical (unpaired) electrons. The van der Waals surface area contributed by atoms with Crippen LogP contribution in [0.2, 0.25) is 0 Å². The lowest BCUT2D eigenvalue weighted by Crippen LogP contribution is -2.18. The van der Waals surface area contributed by atoms with E-state index < -0.39 is 0 Å². The van der Waals surface area contributed by atoms with Gasteiger partial charge in [-0.3, -0.25) is 0 Å². The summed E-state index contributed by atoms with van der Waals surface area (Å²) in [5, 5.41) is 0. The van der Waals surface area contributed by atoms with Crippen LogP contribution in [0.25, 0.3) is 0 Å². The molecule has 2 rings (SSSR count). The molecule has 1 unspecified atom stereocenters. The van der Waals surface area contributed by atoms with Crippen molar-refractivity contribution in [3.05, 3.63) is 29.8 Å². The van der Waals surface area contributed by atoms with Gasteiger partial charge in [-0.1, -0.05) is 18.2 Å². The number of para-hydroxylation sites is 1. The molecule has 1 aromatic carbocycles. The molecule has 0 amide bonds. The Labute approximate surface area is 104 Å². The number of nitrogens with zero attached hydrogens (tertiary/aromatic N) is 1. The van der Waals surface area contributed by atoms with Crippen molar-refractivity contribution in [2.24, 2.45) is 11.7 Å². The Morgan fingerprint density at radius 2 is 2.24 bits per heavy atom. The SMILES string of the molecule is CN1CCC(COc2ccccc2CCN)C1. The van der Waals surface area contributed by atoms with E-state index >= 15 is 0 Å². The summed E-state index contributed by atoms with van der Waals surface area (Å²) < 4.78 is 5.94. The Kier molecular flexibility index (Phi) is 4.40. The van der Waals surface area contributed by atoms with Gasteiger partial charge in [0.2, 0.25) is 0 Å². The van der Waals surface area contributed by atoms with Crippen molar-refractivity contribution in [3.8, 4) is 5.75 Å². The van der Waals surface area contributed by atoms with Crippen LogP contribution in [-0.2, 0) is 6.42 Å². The number of hydrogen-bond acceptors (Lipinski definition) is 3. The van der Waals surface area contributed by atoms with E-state index in [1.807, 2.05) is 18.2 Å². The van der Waals surface area contributed by atoms with E-state index in [9.17, 15) is 0 Å². The summed E-state index contributed by atoms with van der Waals surface area (Å²) in [5.74, 6) is 1.68. The predicted octanol–water partition coefficient (Wildman–Crippen LogP) is 1.52. The standard InChI is InChI=1S/C14H22N2O/c1-16-9-7-12(10-16)11-17-14-5-3-2-4-13(14)6-8-15/h2-5,12H,6-11,15H2,1H3. The fourth-order valence-electron chi connectivity index (χ4n) is 2.38. The van der Waals surface area contributed by atoms with Gasteiger partial charge in [0, 0.05) is 12.5 Å². The van der Waals surface area contributed by atoms with Crippen LogP contribution in [0.3, 0.4) is 0 Å². The van der Waals surface area contributed by atoms with Gasteiger partial charge >= 0.3 is 0 Å². The first-order chi connectivity index (χ1) is 8.29. The van der Waals surface area contributed by atoms with E-state index in [2.05, 4.69) is 18.0 Å². The Morgan fingerprint density at radius 3 is 2.94 bits per heavy atom. The average Bonchev–Trinajstić information content (AvgIpc) is 2.74. The number of rotatable bonds is 5. The topological polar surface area (TPSA) is 38.5 Å². The van der Waals surface area contributed by atoms with E-state index in [-0.39, 0.29) is 0 Å². The van der Waals surface area contributed by atoms with Crippen molar-refractivity contribution in [2.45, 2.75) is 12.8 Å². The molecule has 2 N–H and O–H groups in total. The van der Waals surface area contributed by atoms with Gasteiger partial charge in [0.25, 0.3) is 0 Å². The quantitative estimate of drug-likeness (QED) is 0.839. The summed E-state index contributed by atoms with van der Waals surface area (Å²) in [6.45, 7) is 3.84. The highest BCUT2D eigenvalue weighted by Gasteiger charge is 2.20. The van der Waals surface area contributed by atoms with Gasteiger partial charge in [-0.15, -0.1) is 0 Å². The lowest BCUT2D eigenvalue weighted by atomic mass is 10.1. The molecule has 1 fully saturated rings. The van der Waals surface area contributed by atoms with Crippen LogP contribution in [0.5, 0.6) is 5.75 Å². The minimum Gasteiger partial charge on any atom is -0.493 e. The minimum absolute atomic E-state index is 0.672. The van der Waals surface area contributed by atoms with Gasteiger partial charge in [0.1, 0.15) is 5.75 Å². The molecule has 3 nitrogen and oxygen atoms in total. The first kappa shape index (κ1) is 12.4. The molecular weight excluding hydrogens is 212 g/mol. The lowest BCUT2D eigenvalue weighted by Gasteiger charge is -2.14. The zero-order valence-corrected chi connectivity index (χ0v) is 10.6. The maximum atomic E-state index is 5.94. The highest BCUT2D eigenvalue weighted by atomic mass is 16.5. The van der Waals surface area contributed by atoms with Crippen molar-refractivity contribution >= 4 is 0 Å². The number of nitrogens with two attached hydrogens (primary N) is 1. The second kappa shape index (κ2) is 6.03. The highest BCUT2D eigenvalue weighted by Crippen LogP contribution is 2.21. The predicted molar refractivity (Wildman–Crippen MR) is 70.3 cm³/mol. The monoisotopic (exact) mass is 234 g/mol. The van der Waals surface area contributed by atoms with E-state index in [0.29, 0.717) is 12.5 Å². The Balaban J connectivity index is 1.89. The van der Waals surface area contributed by atoms with Crippen molar-refractivity contribution < 1.29 is 4.74 Å². The normalized spacial score (nSPS) is 20.7. The lowest BCUT2D eigenvalue weighted by molar-refractivity contribution is 0.247. The second-order valence-corrected chi connectivity index (χ2v) is 4.87. The van der Waals surface area contributed by atoms with Crippen LogP contribution >= 0.6 is 0 Å². The number of benzene rings is 1. The van der Waals surface area contributed by atoms with Crippen molar-refractivity contribution in [1.82, 2.24) is 4.90 Å². The largest absolute Gasteiger partial charge is 0.493 e. The first-order valence-electron chi connectivity index (χ1n) is 6.39. The van der Waals surface area contributed by atoms with Crippen LogP contribution < -0.4 is 10.5 Å². The zero-order chi connectivity index (χ0) is 12.1. The van der Waals surface area contributed by atoms with Crippen LogP contribution in [0.4, 0.5) is 0 Å². The molecule has 1 aromatic rings. The average molecular weight is 234 g/mol. The van der Waals surface area contributed by atoms with Gasteiger partial charge in [0.05, 0.1) is 6.61 Å². The fourth-order valence-corrected chi connectivity index (χ4v) is 2.38. The molecule has 1 saturated heterocycles. The fraction of sp³-hybridized carbons (Fsp3) is 0.571. The molecule has 1 aliphatic rings. The van der Waals surface area contributed by atoms with Gasteiger partial charge in [-0.2, -0.15) is 0 Å². The maximum absolute atomic E-state index is 5.94. The minimum atomic E-state index is 0.672. The Hall–Kier alpha value is -1.06. The third-order valence-electron chi connectivity index (χ3n) is 3.35. The smallest absolute Gasteiger partial charge is 0.122 e. The summed E-state index contributed by atoms with van der Waals surface area (Å²) in [6, 6.07) is 8.21. The summed E-state index contributed by atoms with van der Waals surface area (Å²) in [5.41, 5.74) is 6.83. The van der Waals surface area contributed by atoms with Crippen LogP contribution in [0.15, 0.2) is 24.3 Å². The van der Waals surface area contributed by atoms with E-state index in [1.54, 1.807) is 0 Å². The molecule has 0 bridgehead atoms. The second-order valence-electron chi connectivity index (χ2n) is 4.87. The Bertz CT molecular complexity index is 354. The molecule has 0 saturated carbocycles. The van der Waals surface area contributed by atoms with E-state index in [1.165, 1.54) is 18.5 Å². The van der Waals surface area contributed by atoms with E-state index in [4.69, 9.17) is 10.5 Å². The van der Waals surface area contributed by atoms with Gasteiger partial charge < -0.3 is 15.4 Å². The zero-order valence-electron chi connectivity index (χ0n) is 10.6. The molecule has 17 heavy (non-hydrogen) atoms. The van der Waals surface area contributed by atoms with Crippen LogP contribution in [-0.4, -0.2) is 38.2 Å². The molecule has 0 spiro atoms. The highest BCUT2D eigenvalue weighted by molar-refractivity contribution is 5.33. The molecule has 0 aliphatic carbocycles. The van der Waals surface area contributed by atoms with Gasteiger partial charge in [0.15, 0.2) is 0 Å². The van der Waals surface area contributed by atoms with Crippen LogP contribution in [0, 0.1) is 5.92 Å². The summed E-state index contributed by atoms with van der Waals surface area (Å²) in [4.78, 5) is 2.36. The van der Waals surface area contributed by atoms with Crippen molar-refractivity contribution in [1.29, 1.82) is 0 Å². The number of ether oxygens (including phenoxy) is 1. The molecule has 0 aromatic heterocycles. The Morgan fingerprint density at radius 1 is 1.41 bits per heavy atom. The molecular formula is C14H22N2O. The molecule has 1 heterocycles. The van der Waals surface area contributed by atoms with Gasteiger partial charge in [-0.25, -0.2) is 0 Å². The summed E-state index contributed by atoms with van der Waals surface area (Å²) in [7, 11) is 2.17. The van der Waals surface area contributed by atoms with Crippen molar-refractivity contribution in [3.63, 3.8) is 0 Å². The maximum Gasteiger partial charge on any atom is 0.122 e. The third kappa shape index (κ3) is 3.45. The summed E-state index contributed by atoms with van der Waals surface area (Å²) >= 11 is 0. The van der Waals surface area contributed by atoms with Crippen molar-refractivity contribution in [2.75, 3.05) is 33.3 Å². The molecule has 1 aliphatic heterocycles.